The average molecular weight is 497 g/mol. The molecule has 0 atom stereocenters. The van der Waals surface area contributed by atoms with Gasteiger partial charge in [-0.05, 0) is 42.0 Å². The number of tetrazole rings is 1. The molecule has 9 nitrogen and oxygen atoms in total. The van der Waals surface area contributed by atoms with E-state index in [9.17, 15) is 26.4 Å². The predicted molar refractivity (Wildman–Crippen MR) is 118 cm³/mol. The highest BCUT2D eigenvalue weighted by Crippen LogP contribution is 2.31. The predicted octanol–water partition coefficient (Wildman–Crippen LogP) is 3.34. The minimum absolute atomic E-state index is 0.0677. The maximum Gasteiger partial charge on any atom is 0.416 e. The Morgan fingerprint density at radius 3 is 2.47 bits per heavy atom. The number of hydrogen-bond acceptors (Lipinski definition) is 6. The van der Waals surface area contributed by atoms with Gasteiger partial charge in [0.25, 0.3) is 0 Å². The van der Waals surface area contributed by atoms with Gasteiger partial charge in [-0.15, -0.1) is 10.2 Å². The van der Waals surface area contributed by atoms with Crippen LogP contribution < -0.4 is 5.32 Å². The Labute approximate surface area is 194 Å². The van der Waals surface area contributed by atoms with Crippen molar-refractivity contribution in [1.29, 1.82) is 0 Å². The number of benzene rings is 2. The number of rotatable bonds is 8. The Bertz CT molecular complexity index is 1290. The van der Waals surface area contributed by atoms with Gasteiger partial charge in [-0.3, -0.25) is 4.79 Å². The summed E-state index contributed by atoms with van der Waals surface area (Å²) in [7, 11) is -3.73. The first-order chi connectivity index (χ1) is 16.0. The molecule has 0 radical (unpaired) electrons. The molecular formula is C21H23F3N6O3S. The molecule has 0 saturated carbocycles. The number of nitrogens with zero attached hydrogens (tertiary/aromatic N) is 5. The van der Waals surface area contributed by atoms with Gasteiger partial charge in [-0.1, -0.05) is 32.0 Å². The Balaban J connectivity index is 1.75. The van der Waals surface area contributed by atoms with Crippen LogP contribution >= 0.6 is 0 Å². The fourth-order valence-electron chi connectivity index (χ4n) is 3.25. The number of aryl methyl sites for hydroxylation is 1. The maximum atomic E-state index is 12.9. The van der Waals surface area contributed by atoms with Crippen LogP contribution in [0.1, 0.15) is 25.0 Å². The summed E-state index contributed by atoms with van der Waals surface area (Å²) in [6.45, 7) is 5.37. The van der Waals surface area contributed by atoms with Crippen LogP contribution in [0.2, 0.25) is 0 Å². The van der Waals surface area contributed by atoms with Crippen LogP contribution in [0.25, 0.3) is 11.4 Å². The van der Waals surface area contributed by atoms with Crippen molar-refractivity contribution in [3.05, 3.63) is 53.6 Å². The summed E-state index contributed by atoms with van der Waals surface area (Å²) < 4.78 is 65.8. The van der Waals surface area contributed by atoms with Crippen molar-refractivity contribution in [2.75, 3.05) is 18.4 Å². The molecule has 0 saturated heterocycles. The largest absolute Gasteiger partial charge is 0.416 e. The average Bonchev–Trinajstić information content (AvgIpc) is 3.23. The lowest BCUT2D eigenvalue weighted by Crippen LogP contribution is -2.31. The Morgan fingerprint density at radius 2 is 1.82 bits per heavy atom. The van der Waals surface area contributed by atoms with E-state index in [0.29, 0.717) is 18.7 Å². The molecule has 1 amide bonds. The van der Waals surface area contributed by atoms with E-state index in [4.69, 9.17) is 0 Å². The summed E-state index contributed by atoms with van der Waals surface area (Å²) in [6.07, 6.45) is -4.52. The molecule has 0 bridgehead atoms. The molecule has 1 heterocycles. The van der Waals surface area contributed by atoms with Crippen molar-refractivity contribution >= 4 is 21.6 Å². The summed E-state index contributed by atoms with van der Waals surface area (Å²) in [6, 6.07) is 8.99. The number of halogens is 3. The first-order valence-electron chi connectivity index (χ1n) is 10.3. The second-order valence-electron chi connectivity index (χ2n) is 7.34. The smallest absolute Gasteiger partial charge is 0.324 e. The molecule has 182 valence electrons. The Hall–Kier alpha value is -3.32. The lowest BCUT2D eigenvalue weighted by Gasteiger charge is -2.20. The van der Waals surface area contributed by atoms with Crippen molar-refractivity contribution in [2.45, 2.75) is 38.4 Å². The van der Waals surface area contributed by atoms with E-state index in [1.54, 1.807) is 32.9 Å². The third-order valence-electron chi connectivity index (χ3n) is 4.98. The highest BCUT2D eigenvalue weighted by atomic mass is 32.2. The molecule has 3 aromatic rings. The molecule has 0 unspecified atom stereocenters. The van der Waals surface area contributed by atoms with E-state index < -0.39 is 27.7 Å². The van der Waals surface area contributed by atoms with Crippen LogP contribution in [-0.2, 0) is 27.5 Å². The van der Waals surface area contributed by atoms with Crippen molar-refractivity contribution in [3.63, 3.8) is 0 Å². The Kier molecular flexibility index (Phi) is 7.36. The topological polar surface area (TPSA) is 110 Å². The summed E-state index contributed by atoms with van der Waals surface area (Å²) >= 11 is 0. The molecule has 0 aliphatic heterocycles. The molecule has 0 aliphatic rings. The third-order valence-corrected chi connectivity index (χ3v) is 7.17. The molecule has 1 N–H and O–H groups in total. The minimum Gasteiger partial charge on any atom is -0.324 e. The summed E-state index contributed by atoms with van der Waals surface area (Å²) in [5.74, 6) is -0.634. The molecule has 1 aromatic heterocycles. The van der Waals surface area contributed by atoms with Crippen molar-refractivity contribution in [3.8, 4) is 11.4 Å². The van der Waals surface area contributed by atoms with Crippen LogP contribution in [0.5, 0.6) is 0 Å². The number of alkyl halides is 3. The first kappa shape index (κ1) is 25.3. The molecule has 34 heavy (non-hydrogen) atoms. The summed E-state index contributed by atoms with van der Waals surface area (Å²) in [4.78, 5) is 13.5. The van der Waals surface area contributed by atoms with E-state index in [2.05, 4.69) is 20.7 Å². The number of anilines is 1. The van der Waals surface area contributed by atoms with Crippen molar-refractivity contribution < 1.29 is 26.4 Å². The van der Waals surface area contributed by atoms with Gasteiger partial charge in [0.15, 0.2) is 0 Å². The van der Waals surface area contributed by atoms with E-state index in [0.717, 1.165) is 16.9 Å². The zero-order chi connectivity index (χ0) is 25.1. The zero-order valence-electron chi connectivity index (χ0n) is 18.7. The number of carbonyl (C=O) groups is 1. The summed E-state index contributed by atoms with van der Waals surface area (Å²) in [5, 5.41) is 14.0. The quantitative estimate of drug-likeness (QED) is 0.512. The van der Waals surface area contributed by atoms with Gasteiger partial charge in [-0.25, -0.2) is 8.42 Å². The van der Waals surface area contributed by atoms with Crippen molar-refractivity contribution in [2.24, 2.45) is 0 Å². The molecule has 13 heteroatoms. The van der Waals surface area contributed by atoms with Crippen LogP contribution in [0.3, 0.4) is 0 Å². The second kappa shape index (κ2) is 9.89. The van der Waals surface area contributed by atoms with Gasteiger partial charge in [0.1, 0.15) is 6.54 Å². The summed E-state index contributed by atoms with van der Waals surface area (Å²) in [5.41, 5.74) is 0.0494. The maximum absolute atomic E-state index is 12.9. The molecule has 2 aromatic carbocycles. The number of aromatic nitrogens is 4. The van der Waals surface area contributed by atoms with Gasteiger partial charge in [0.05, 0.1) is 10.5 Å². The lowest BCUT2D eigenvalue weighted by atomic mass is 10.1. The highest BCUT2D eigenvalue weighted by molar-refractivity contribution is 7.89. The van der Waals surface area contributed by atoms with Gasteiger partial charge in [0.2, 0.25) is 21.8 Å². The number of amides is 1. The van der Waals surface area contributed by atoms with E-state index in [1.807, 2.05) is 0 Å². The van der Waals surface area contributed by atoms with Crippen LogP contribution in [0.15, 0.2) is 47.4 Å². The van der Waals surface area contributed by atoms with Gasteiger partial charge >= 0.3 is 6.18 Å². The fraction of sp³-hybridized carbons (Fsp3) is 0.333. The normalized spacial score (nSPS) is 12.2. The first-order valence-corrected chi connectivity index (χ1v) is 11.8. The monoisotopic (exact) mass is 496 g/mol. The number of hydrogen-bond donors (Lipinski definition) is 1. The molecule has 0 aliphatic carbocycles. The van der Waals surface area contributed by atoms with Crippen LogP contribution in [0, 0.1) is 6.92 Å². The molecule has 0 fully saturated rings. The molecule has 3 rings (SSSR count). The minimum atomic E-state index is -4.52. The third kappa shape index (κ3) is 5.59. The highest BCUT2D eigenvalue weighted by Gasteiger charge is 2.31. The Morgan fingerprint density at radius 1 is 1.12 bits per heavy atom. The SMILES string of the molecule is CCN(CC)S(=O)(=O)c1cc(NC(=O)Cn2nnc(-c3cccc(C(F)(F)F)c3)n2)ccc1C. The van der Waals surface area contributed by atoms with E-state index in [1.165, 1.54) is 22.5 Å². The van der Waals surface area contributed by atoms with Gasteiger partial charge < -0.3 is 5.32 Å². The van der Waals surface area contributed by atoms with Gasteiger partial charge in [0, 0.05) is 24.3 Å². The standard InChI is InChI=1S/C21H23F3N6O3S/c1-4-29(5-2)34(32,33)18-12-17(10-9-14(18)3)25-19(31)13-30-27-20(26-28-30)15-7-6-8-16(11-15)21(22,23)24/h6-12H,4-5,13H2,1-3H3,(H,25,31). The number of carbonyl (C=O) groups excluding carboxylic acids is 1. The fourth-order valence-corrected chi connectivity index (χ4v) is 4.96. The van der Waals surface area contributed by atoms with Crippen LogP contribution in [0.4, 0.5) is 18.9 Å². The van der Waals surface area contributed by atoms with Crippen LogP contribution in [-0.4, -0.2) is 51.9 Å². The molecule has 0 spiro atoms. The van der Waals surface area contributed by atoms with Gasteiger partial charge in [-0.2, -0.15) is 22.3 Å². The number of nitrogens with one attached hydrogen (secondary N) is 1. The number of sulfonamides is 1. The zero-order valence-corrected chi connectivity index (χ0v) is 19.5. The lowest BCUT2D eigenvalue weighted by molar-refractivity contribution is -0.137. The van der Waals surface area contributed by atoms with E-state index >= 15 is 0 Å². The van der Waals surface area contributed by atoms with Crippen molar-refractivity contribution in [1.82, 2.24) is 24.5 Å². The van der Waals surface area contributed by atoms with E-state index in [-0.39, 0.29) is 28.5 Å². The molecular weight excluding hydrogens is 473 g/mol. The second-order valence-corrected chi connectivity index (χ2v) is 9.25.